The highest BCUT2D eigenvalue weighted by molar-refractivity contribution is 6.90. The van der Waals surface area contributed by atoms with Crippen molar-refractivity contribution in [2.45, 2.75) is 38.2 Å². The summed E-state index contributed by atoms with van der Waals surface area (Å²) >= 11 is 6.09. The summed E-state index contributed by atoms with van der Waals surface area (Å²) in [4.78, 5) is 21.6. The third-order valence-corrected chi connectivity index (χ3v) is 7.83. The molecular weight excluding hydrogens is 395 g/mol. The molecule has 0 bridgehead atoms. The van der Waals surface area contributed by atoms with Crippen LogP contribution in [0.4, 0.5) is 13.2 Å². The van der Waals surface area contributed by atoms with E-state index in [2.05, 4.69) is 23.1 Å². The molecule has 1 aliphatic rings. The van der Waals surface area contributed by atoms with Gasteiger partial charge < -0.3 is 4.90 Å². The van der Waals surface area contributed by atoms with E-state index in [-0.39, 0.29) is 6.04 Å². The minimum Gasteiger partial charge on any atom is -0.337 e. The van der Waals surface area contributed by atoms with Gasteiger partial charge in [0.2, 0.25) is 0 Å². The molecule has 1 aromatic heterocycles. The molecule has 1 aliphatic carbocycles. The van der Waals surface area contributed by atoms with Crippen molar-refractivity contribution >= 4 is 30.8 Å². The number of carbonyl (C=O) groups excluding carboxylic acids is 1. The summed E-state index contributed by atoms with van der Waals surface area (Å²) in [6.07, 6.45) is -0.696. The van der Waals surface area contributed by atoms with Crippen molar-refractivity contribution in [3.05, 3.63) is 53.1 Å². The molecule has 0 radical (unpaired) electrons. The zero-order valence-corrected chi connectivity index (χ0v) is 16.7. The Morgan fingerprint density at radius 3 is 2.52 bits per heavy atom. The van der Waals surface area contributed by atoms with Crippen molar-refractivity contribution < 1.29 is 18.0 Å². The summed E-state index contributed by atoms with van der Waals surface area (Å²) in [5.41, 5.74) is -1.87. The van der Waals surface area contributed by atoms with Crippen LogP contribution in [-0.4, -0.2) is 41.1 Å². The molecule has 1 fully saturated rings. The van der Waals surface area contributed by atoms with Gasteiger partial charge in [0.05, 0.1) is 0 Å². The summed E-state index contributed by atoms with van der Waals surface area (Å²) < 4.78 is 39.8. The number of aromatic nitrogens is 2. The van der Waals surface area contributed by atoms with Crippen LogP contribution < -0.4 is 5.19 Å². The number of amides is 1. The second-order valence-corrected chi connectivity index (χ2v) is 12.4. The van der Waals surface area contributed by atoms with Crippen molar-refractivity contribution in [3.63, 3.8) is 0 Å². The summed E-state index contributed by atoms with van der Waals surface area (Å²) in [5, 5.41) is 1.65. The Morgan fingerprint density at radius 2 is 1.93 bits per heavy atom. The molecule has 1 saturated carbocycles. The van der Waals surface area contributed by atoms with Crippen molar-refractivity contribution in [2.75, 3.05) is 6.17 Å². The highest BCUT2D eigenvalue weighted by Crippen LogP contribution is 2.33. The lowest BCUT2D eigenvalue weighted by atomic mass is 10.2. The number of rotatable bonds is 5. The molecule has 144 valence electrons. The third-order valence-electron chi connectivity index (χ3n) is 4.59. The topological polar surface area (TPSA) is 46.1 Å². The molecule has 2 aromatic rings. The van der Waals surface area contributed by atoms with Crippen LogP contribution in [0.5, 0.6) is 0 Å². The minimum absolute atomic E-state index is 0.0495. The largest absolute Gasteiger partial charge is 0.435 e. The van der Waals surface area contributed by atoms with Crippen LogP contribution >= 0.6 is 11.6 Å². The predicted octanol–water partition coefficient (Wildman–Crippen LogP) is 3.91. The van der Waals surface area contributed by atoms with Gasteiger partial charge in [-0.3, -0.25) is 4.79 Å². The van der Waals surface area contributed by atoms with Crippen LogP contribution in [-0.2, 0) is 6.18 Å². The second kappa shape index (κ2) is 7.24. The van der Waals surface area contributed by atoms with E-state index in [0.29, 0.717) is 11.2 Å². The van der Waals surface area contributed by atoms with Crippen molar-refractivity contribution in [1.82, 2.24) is 14.9 Å². The Balaban J connectivity index is 1.92. The second-order valence-electron chi connectivity index (χ2n) is 7.31. The maximum absolute atomic E-state index is 13.3. The van der Waals surface area contributed by atoms with Crippen LogP contribution in [0.1, 0.15) is 29.0 Å². The lowest BCUT2D eigenvalue weighted by Gasteiger charge is -2.32. The number of benzene rings is 1. The molecule has 4 nitrogen and oxygen atoms in total. The van der Waals surface area contributed by atoms with Crippen LogP contribution in [0.15, 0.2) is 36.7 Å². The van der Waals surface area contributed by atoms with Gasteiger partial charge in [-0.2, -0.15) is 13.2 Å². The van der Waals surface area contributed by atoms with Crippen molar-refractivity contribution in [1.29, 1.82) is 0 Å². The molecule has 0 N–H and O–H groups in total. The Morgan fingerprint density at radius 1 is 1.26 bits per heavy atom. The number of nitrogens with zero attached hydrogens (tertiary/aromatic N) is 3. The lowest BCUT2D eigenvalue weighted by molar-refractivity contribution is -0.141. The fraction of sp³-hybridized carbons (Fsp3) is 0.389. The molecule has 3 rings (SSSR count). The van der Waals surface area contributed by atoms with E-state index in [0.717, 1.165) is 30.4 Å². The average molecular weight is 414 g/mol. The molecule has 0 saturated heterocycles. The van der Waals surface area contributed by atoms with Gasteiger partial charge in [-0.25, -0.2) is 9.97 Å². The van der Waals surface area contributed by atoms with Gasteiger partial charge in [-0.05, 0) is 25.0 Å². The number of alkyl halides is 3. The van der Waals surface area contributed by atoms with Crippen molar-refractivity contribution in [3.8, 4) is 0 Å². The normalized spacial score (nSPS) is 14.9. The molecule has 0 aliphatic heterocycles. The molecule has 1 heterocycles. The first-order valence-corrected chi connectivity index (χ1v) is 12.1. The Labute approximate surface area is 161 Å². The zero-order chi connectivity index (χ0) is 19.8. The highest BCUT2D eigenvalue weighted by atomic mass is 35.5. The summed E-state index contributed by atoms with van der Waals surface area (Å²) in [6, 6.07) is 7.39. The van der Waals surface area contributed by atoms with E-state index < -0.39 is 31.5 Å². The molecule has 0 atom stereocenters. The Bertz CT molecular complexity index is 856. The predicted molar refractivity (Wildman–Crippen MR) is 99.7 cm³/mol. The zero-order valence-electron chi connectivity index (χ0n) is 14.9. The molecule has 0 spiro atoms. The van der Waals surface area contributed by atoms with Crippen LogP contribution in [0.25, 0.3) is 0 Å². The molecular formula is C18H19ClF3N3OSi. The maximum atomic E-state index is 13.3. The lowest BCUT2D eigenvalue weighted by Crippen LogP contribution is -2.54. The van der Waals surface area contributed by atoms with Gasteiger partial charge in [-0.1, -0.05) is 42.0 Å². The first kappa shape index (κ1) is 19.8. The Hall–Kier alpha value is -1.93. The molecule has 1 amide bonds. The summed E-state index contributed by atoms with van der Waals surface area (Å²) in [6.45, 7) is 4.14. The van der Waals surface area contributed by atoms with E-state index in [1.165, 1.54) is 0 Å². The molecule has 0 unspecified atom stereocenters. The number of carbonyl (C=O) groups is 1. The number of hydrogen-bond donors (Lipinski definition) is 0. The number of hydrogen-bond acceptors (Lipinski definition) is 3. The van der Waals surface area contributed by atoms with Crippen LogP contribution in [0.2, 0.25) is 18.1 Å². The van der Waals surface area contributed by atoms with Gasteiger partial charge in [0.25, 0.3) is 5.91 Å². The first-order chi connectivity index (χ1) is 12.6. The van der Waals surface area contributed by atoms with E-state index in [1.807, 2.05) is 18.2 Å². The SMILES string of the molecule is C[Si](C)(CN(C(=O)c1nccnc1C(F)(F)F)C1CC1)c1cccc(Cl)c1. The van der Waals surface area contributed by atoms with Gasteiger partial charge >= 0.3 is 6.18 Å². The van der Waals surface area contributed by atoms with E-state index >= 15 is 0 Å². The van der Waals surface area contributed by atoms with Gasteiger partial charge in [0.1, 0.15) is 8.07 Å². The van der Waals surface area contributed by atoms with E-state index in [4.69, 9.17) is 11.6 Å². The minimum atomic E-state index is -4.73. The average Bonchev–Trinajstić information content (AvgIpc) is 3.43. The van der Waals surface area contributed by atoms with Gasteiger partial charge in [-0.15, -0.1) is 0 Å². The molecule has 27 heavy (non-hydrogen) atoms. The standard InChI is InChI=1S/C18H19ClF3N3OSi/c1-27(2,14-5-3-4-12(19)10-14)11-25(13-6-7-13)17(26)15-16(18(20,21)22)24-9-8-23-15/h3-5,8-10,13H,6-7,11H2,1-2H3. The van der Waals surface area contributed by atoms with Gasteiger partial charge in [0, 0.05) is 29.6 Å². The van der Waals surface area contributed by atoms with Gasteiger partial charge in [0.15, 0.2) is 11.4 Å². The third kappa shape index (κ3) is 4.49. The van der Waals surface area contributed by atoms with Crippen molar-refractivity contribution in [2.24, 2.45) is 0 Å². The quantitative estimate of drug-likeness (QED) is 0.698. The van der Waals surface area contributed by atoms with E-state index in [1.54, 1.807) is 11.0 Å². The van der Waals surface area contributed by atoms with Crippen LogP contribution in [0.3, 0.4) is 0 Å². The summed E-state index contributed by atoms with van der Waals surface area (Å²) in [5.74, 6) is -0.708. The smallest absolute Gasteiger partial charge is 0.337 e. The number of halogens is 4. The monoisotopic (exact) mass is 413 g/mol. The Kier molecular flexibility index (Phi) is 5.31. The fourth-order valence-electron chi connectivity index (χ4n) is 3.02. The highest BCUT2D eigenvalue weighted by Gasteiger charge is 2.43. The fourth-order valence-corrected chi connectivity index (χ4v) is 5.83. The van der Waals surface area contributed by atoms with E-state index in [9.17, 15) is 18.0 Å². The first-order valence-electron chi connectivity index (χ1n) is 8.55. The maximum Gasteiger partial charge on any atom is 0.435 e. The molecule has 1 aromatic carbocycles. The van der Waals surface area contributed by atoms with Crippen LogP contribution in [0, 0.1) is 0 Å². The summed E-state index contributed by atoms with van der Waals surface area (Å²) in [7, 11) is -2.16. The molecule has 9 heteroatoms.